The van der Waals surface area contributed by atoms with Gasteiger partial charge in [-0.05, 0) is 39.4 Å². The predicted octanol–water partition coefficient (Wildman–Crippen LogP) is 0.364. The molecule has 7 nitrogen and oxygen atoms in total. The molecule has 0 aliphatic heterocycles. The van der Waals surface area contributed by atoms with Gasteiger partial charge in [0.15, 0.2) is 0 Å². The summed E-state index contributed by atoms with van der Waals surface area (Å²) in [6.45, 7) is 10.1. The number of carbonyl (C=O) groups excluding carboxylic acids is 1. The Morgan fingerprint density at radius 1 is 1.48 bits per heavy atom. The van der Waals surface area contributed by atoms with E-state index in [0.717, 1.165) is 32.5 Å². The Balaban J connectivity index is 2.24. The molecule has 0 spiro atoms. The van der Waals surface area contributed by atoms with Gasteiger partial charge < -0.3 is 16.0 Å². The number of aromatic nitrogens is 3. The van der Waals surface area contributed by atoms with E-state index >= 15 is 0 Å². The van der Waals surface area contributed by atoms with Crippen LogP contribution in [-0.4, -0.2) is 51.5 Å². The maximum Gasteiger partial charge on any atom is 0.242 e. The van der Waals surface area contributed by atoms with Crippen molar-refractivity contribution in [3.63, 3.8) is 0 Å². The molecule has 1 aromatic heterocycles. The molecule has 1 atom stereocenters. The molecule has 0 radical (unpaired) electrons. The monoisotopic (exact) mass is 296 g/mol. The fraction of sp³-hybridized carbons (Fsp3) is 0.786. The molecule has 1 heterocycles. The number of hydrogen-bond donors (Lipinski definition) is 2. The highest BCUT2D eigenvalue weighted by Crippen LogP contribution is 2.00. The van der Waals surface area contributed by atoms with E-state index in [4.69, 9.17) is 5.73 Å². The highest BCUT2D eigenvalue weighted by Gasteiger charge is 2.10. The van der Waals surface area contributed by atoms with Gasteiger partial charge in [0.1, 0.15) is 6.54 Å². The number of nitrogens with two attached hydrogens (primary N) is 1. The van der Waals surface area contributed by atoms with Crippen molar-refractivity contribution in [2.75, 3.05) is 19.6 Å². The lowest BCUT2D eigenvalue weighted by Gasteiger charge is -2.19. The van der Waals surface area contributed by atoms with Gasteiger partial charge >= 0.3 is 0 Å². The van der Waals surface area contributed by atoms with Crippen LogP contribution in [0.4, 0.5) is 0 Å². The zero-order chi connectivity index (χ0) is 15.7. The number of carbonyl (C=O) groups is 1. The molecule has 1 aromatic rings. The van der Waals surface area contributed by atoms with E-state index in [1.54, 1.807) is 6.20 Å². The quantitative estimate of drug-likeness (QED) is 0.651. The summed E-state index contributed by atoms with van der Waals surface area (Å²) in [4.78, 5) is 14.3. The first-order valence-corrected chi connectivity index (χ1v) is 7.69. The first kappa shape index (κ1) is 17.6. The molecule has 21 heavy (non-hydrogen) atoms. The maximum atomic E-state index is 11.9. The Bertz CT molecular complexity index is 415. The van der Waals surface area contributed by atoms with Crippen LogP contribution in [-0.2, 0) is 17.9 Å². The van der Waals surface area contributed by atoms with Crippen LogP contribution >= 0.6 is 0 Å². The van der Waals surface area contributed by atoms with Crippen molar-refractivity contribution in [3.8, 4) is 0 Å². The number of rotatable bonds is 10. The summed E-state index contributed by atoms with van der Waals surface area (Å²) in [6, 6.07) is 0.172. The predicted molar refractivity (Wildman–Crippen MR) is 82.5 cm³/mol. The van der Waals surface area contributed by atoms with Crippen LogP contribution in [0.15, 0.2) is 6.20 Å². The third-order valence-electron chi connectivity index (χ3n) is 3.51. The zero-order valence-corrected chi connectivity index (χ0v) is 13.4. The van der Waals surface area contributed by atoms with Gasteiger partial charge in [0.2, 0.25) is 5.91 Å². The molecular weight excluding hydrogens is 268 g/mol. The Morgan fingerprint density at radius 3 is 2.76 bits per heavy atom. The van der Waals surface area contributed by atoms with E-state index < -0.39 is 0 Å². The van der Waals surface area contributed by atoms with Gasteiger partial charge in [-0.1, -0.05) is 19.1 Å². The number of nitrogens with one attached hydrogen (secondary N) is 1. The molecule has 0 aliphatic carbocycles. The molecule has 0 saturated carbocycles. The van der Waals surface area contributed by atoms with E-state index in [1.807, 2.05) is 6.92 Å². The number of nitrogens with zero attached hydrogens (tertiary/aromatic N) is 4. The molecule has 1 amide bonds. The standard InChI is InChI=1S/C14H28N6O/c1-4-19(5-2)8-6-7-12(3)16-14(21)11-20-10-13(9-15)17-18-20/h10,12H,4-9,11,15H2,1-3H3,(H,16,21). The minimum Gasteiger partial charge on any atom is -0.352 e. The lowest BCUT2D eigenvalue weighted by atomic mass is 10.1. The topological polar surface area (TPSA) is 89.1 Å². The van der Waals surface area contributed by atoms with Crippen molar-refractivity contribution < 1.29 is 4.79 Å². The molecule has 0 aliphatic rings. The van der Waals surface area contributed by atoms with Crippen LogP contribution in [0.1, 0.15) is 39.3 Å². The zero-order valence-electron chi connectivity index (χ0n) is 13.4. The number of hydrogen-bond acceptors (Lipinski definition) is 5. The summed E-state index contributed by atoms with van der Waals surface area (Å²) >= 11 is 0. The average molecular weight is 296 g/mol. The van der Waals surface area contributed by atoms with E-state index in [1.165, 1.54) is 4.68 Å². The average Bonchev–Trinajstić information content (AvgIpc) is 2.91. The third-order valence-corrected chi connectivity index (χ3v) is 3.51. The largest absolute Gasteiger partial charge is 0.352 e. The van der Waals surface area contributed by atoms with Gasteiger partial charge in [0, 0.05) is 12.6 Å². The Kier molecular flexibility index (Phi) is 7.92. The summed E-state index contributed by atoms with van der Waals surface area (Å²) in [5, 5.41) is 10.7. The van der Waals surface area contributed by atoms with Gasteiger partial charge in [0.25, 0.3) is 0 Å². The van der Waals surface area contributed by atoms with Crippen LogP contribution in [0.2, 0.25) is 0 Å². The van der Waals surface area contributed by atoms with Crippen molar-refractivity contribution in [1.29, 1.82) is 0 Å². The van der Waals surface area contributed by atoms with Gasteiger partial charge in [-0.3, -0.25) is 4.79 Å². The van der Waals surface area contributed by atoms with Crippen molar-refractivity contribution in [2.24, 2.45) is 5.73 Å². The van der Waals surface area contributed by atoms with Crippen LogP contribution < -0.4 is 11.1 Å². The van der Waals surface area contributed by atoms with Gasteiger partial charge in [-0.2, -0.15) is 0 Å². The van der Waals surface area contributed by atoms with E-state index in [-0.39, 0.29) is 18.5 Å². The highest BCUT2D eigenvalue weighted by molar-refractivity contribution is 5.75. The summed E-state index contributed by atoms with van der Waals surface area (Å²) in [6.07, 6.45) is 3.77. The SMILES string of the molecule is CCN(CC)CCCC(C)NC(=O)Cn1cc(CN)nn1. The van der Waals surface area contributed by atoms with Crippen LogP contribution in [0.5, 0.6) is 0 Å². The second-order valence-electron chi connectivity index (χ2n) is 5.25. The molecule has 1 unspecified atom stereocenters. The smallest absolute Gasteiger partial charge is 0.242 e. The van der Waals surface area contributed by atoms with Gasteiger partial charge in [-0.25, -0.2) is 4.68 Å². The minimum atomic E-state index is -0.0428. The second-order valence-corrected chi connectivity index (χ2v) is 5.25. The van der Waals surface area contributed by atoms with Crippen molar-refractivity contribution >= 4 is 5.91 Å². The van der Waals surface area contributed by atoms with E-state index in [2.05, 4.69) is 34.4 Å². The summed E-state index contributed by atoms with van der Waals surface area (Å²) in [5.74, 6) is -0.0428. The van der Waals surface area contributed by atoms with Crippen LogP contribution in [0.25, 0.3) is 0 Å². The Hall–Kier alpha value is -1.47. The fourth-order valence-electron chi connectivity index (χ4n) is 2.21. The first-order valence-electron chi connectivity index (χ1n) is 7.69. The van der Waals surface area contributed by atoms with Crippen LogP contribution in [0, 0.1) is 0 Å². The van der Waals surface area contributed by atoms with Crippen molar-refractivity contribution in [3.05, 3.63) is 11.9 Å². The van der Waals surface area contributed by atoms with Crippen LogP contribution in [0.3, 0.4) is 0 Å². The van der Waals surface area contributed by atoms with Gasteiger partial charge in [-0.15, -0.1) is 5.10 Å². The van der Waals surface area contributed by atoms with Crippen molar-refractivity contribution in [2.45, 2.75) is 52.7 Å². The second kappa shape index (κ2) is 9.46. The molecule has 3 N–H and O–H groups in total. The summed E-state index contributed by atoms with van der Waals surface area (Å²) in [7, 11) is 0. The molecule has 0 fully saturated rings. The summed E-state index contributed by atoms with van der Waals surface area (Å²) in [5.41, 5.74) is 6.15. The lowest BCUT2D eigenvalue weighted by molar-refractivity contribution is -0.122. The fourth-order valence-corrected chi connectivity index (χ4v) is 2.21. The lowest BCUT2D eigenvalue weighted by Crippen LogP contribution is -2.36. The number of amides is 1. The summed E-state index contributed by atoms with van der Waals surface area (Å²) < 4.78 is 1.51. The molecular formula is C14H28N6O. The first-order chi connectivity index (χ1) is 10.1. The van der Waals surface area contributed by atoms with Crippen molar-refractivity contribution in [1.82, 2.24) is 25.2 Å². The highest BCUT2D eigenvalue weighted by atomic mass is 16.2. The third kappa shape index (κ3) is 6.68. The van der Waals surface area contributed by atoms with Gasteiger partial charge in [0.05, 0.1) is 11.9 Å². The molecule has 7 heteroatoms. The molecule has 0 saturated heterocycles. The Morgan fingerprint density at radius 2 is 2.19 bits per heavy atom. The van der Waals surface area contributed by atoms with E-state index in [0.29, 0.717) is 12.2 Å². The molecule has 1 rings (SSSR count). The normalized spacial score (nSPS) is 12.6. The maximum absolute atomic E-state index is 11.9. The molecule has 120 valence electrons. The molecule has 0 aromatic carbocycles. The molecule has 0 bridgehead atoms. The minimum absolute atomic E-state index is 0.0428. The van der Waals surface area contributed by atoms with E-state index in [9.17, 15) is 4.79 Å². The Labute approximate surface area is 126 Å².